The minimum absolute atomic E-state index is 0.269. The van der Waals surface area contributed by atoms with Gasteiger partial charge in [-0.15, -0.1) is 0 Å². The minimum atomic E-state index is -1.03. The highest BCUT2D eigenvalue weighted by Gasteiger charge is 2.45. The third-order valence-corrected chi connectivity index (χ3v) is 3.73. The van der Waals surface area contributed by atoms with Crippen molar-refractivity contribution in [1.82, 2.24) is 5.32 Å². The van der Waals surface area contributed by atoms with Crippen molar-refractivity contribution in [2.24, 2.45) is 0 Å². The molecule has 134 valence electrons. The summed E-state index contributed by atoms with van der Waals surface area (Å²) >= 11 is 0. The van der Waals surface area contributed by atoms with Crippen LogP contribution in [0.2, 0.25) is 0 Å². The maximum Gasteiger partial charge on any atom is 0.330 e. The minimum Gasteiger partial charge on any atom is -0.493 e. The van der Waals surface area contributed by atoms with Gasteiger partial charge in [0.2, 0.25) is 0 Å². The van der Waals surface area contributed by atoms with Crippen LogP contribution in [0.3, 0.4) is 0 Å². The van der Waals surface area contributed by atoms with Crippen LogP contribution in [0.1, 0.15) is 19.4 Å². The Morgan fingerprint density at radius 1 is 1.12 bits per heavy atom. The molecule has 1 aliphatic heterocycles. The third-order valence-electron chi connectivity index (χ3n) is 3.73. The Bertz CT molecular complexity index is 754. The Kier molecular flexibility index (Phi) is 5.01. The van der Waals surface area contributed by atoms with Crippen LogP contribution in [-0.2, 0) is 14.3 Å². The molecule has 1 fully saturated rings. The molecule has 2 rings (SSSR count). The van der Waals surface area contributed by atoms with E-state index in [0.717, 1.165) is 4.90 Å². The van der Waals surface area contributed by atoms with Gasteiger partial charge in [-0.3, -0.25) is 4.79 Å². The van der Waals surface area contributed by atoms with Gasteiger partial charge >= 0.3 is 12.0 Å². The number of ether oxygens (including phenoxy) is 3. The van der Waals surface area contributed by atoms with Gasteiger partial charge in [-0.05, 0) is 26.0 Å². The van der Waals surface area contributed by atoms with Crippen LogP contribution in [0, 0.1) is 0 Å². The van der Waals surface area contributed by atoms with Gasteiger partial charge in [-0.1, -0.05) is 0 Å². The van der Waals surface area contributed by atoms with Crippen LogP contribution in [0.25, 0.3) is 6.08 Å². The Morgan fingerprint density at radius 3 is 2.20 bits per heavy atom. The molecule has 0 bridgehead atoms. The first kappa shape index (κ1) is 18.3. The van der Waals surface area contributed by atoms with Crippen LogP contribution in [0.5, 0.6) is 11.5 Å². The topological polar surface area (TPSA) is 94.2 Å². The molecule has 8 heteroatoms. The molecule has 0 saturated carbocycles. The molecule has 25 heavy (non-hydrogen) atoms. The fourth-order valence-corrected chi connectivity index (χ4v) is 2.40. The number of hydrogen-bond acceptors (Lipinski definition) is 6. The Morgan fingerprint density at radius 2 is 1.72 bits per heavy atom. The van der Waals surface area contributed by atoms with E-state index in [2.05, 4.69) is 10.1 Å². The number of anilines is 1. The lowest BCUT2D eigenvalue weighted by molar-refractivity contribution is -0.134. The second kappa shape index (κ2) is 6.84. The number of carbonyl (C=O) groups is 3. The predicted octanol–water partition coefficient (Wildman–Crippen LogP) is 1.72. The largest absolute Gasteiger partial charge is 0.493 e. The van der Waals surface area contributed by atoms with Gasteiger partial charge in [-0.25, -0.2) is 14.5 Å². The molecule has 1 aromatic rings. The molecule has 0 aromatic heterocycles. The van der Waals surface area contributed by atoms with E-state index < -0.39 is 23.4 Å². The van der Waals surface area contributed by atoms with Crippen LogP contribution in [-0.4, -0.2) is 44.8 Å². The van der Waals surface area contributed by atoms with Gasteiger partial charge in [0, 0.05) is 17.7 Å². The van der Waals surface area contributed by atoms with E-state index in [-0.39, 0.29) is 5.69 Å². The number of nitrogens with one attached hydrogen (secondary N) is 1. The van der Waals surface area contributed by atoms with E-state index in [1.54, 1.807) is 19.9 Å². The molecule has 1 saturated heterocycles. The lowest BCUT2D eigenvalue weighted by Crippen LogP contribution is -2.40. The zero-order valence-corrected chi connectivity index (χ0v) is 14.7. The maximum atomic E-state index is 12.6. The molecule has 3 amide bonds. The van der Waals surface area contributed by atoms with Crippen molar-refractivity contribution in [3.8, 4) is 11.5 Å². The predicted molar refractivity (Wildman–Crippen MR) is 90.7 cm³/mol. The van der Waals surface area contributed by atoms with E-state index in [0.29, 0.717) is 17.1 Å². The quantitative estimate of drug-likeness (QED) is 0.495. The molecule has 0 atom stereocenters. The van der Waals surface area contributed by atoms with Gasteiger partial charge in [0.15, 0.2) is 11.5 Å². The van der Waals surface area contributed by atoms with Gasteiger partial charge in [-0.2, -0.15) is 0 Å². The summed E-state index contributed by atoms with van der Waals surface area (Å²) in [6, 6.07) is 2.52. The van der Waals surface area contributed by atoms with Crippen LogP contribution < -0.4 is 19.7 Å². The van der Waals surface area contributed by atoms with Gasteiger partial charge in [0.25, 0.3) is 5.91 Å². The second-order valence-corrected chi connectivity index (χ2v) is 5.82. The molecule has 1 heterocycles. The summed E-state index contributed by atoms with van der Waals surface area (Å²) in [5, 5.41) is 2.61. The van der Waals surface area contributed by atoms with Crippen LogP contribution in [0.15, 0.2) is 18.2 Å². The lowest BCUT2D eigenvalue weighted by Gasteiger charge is -2.20. The van der Waals surface area contributed by atoms with Crippen molar-refractivity contribution in [2.45, 2.75) is 19.4 Å². The van der Waals surface area contributed by atoms with Crippen molar-refractivity contribution in [2.75, 3.05) is 26.2 Å². The van der Waals surface area contributed by atoms with Gasteiger partial charge < -0.3 is 19.5 Å². The number of urea groups is 1. The Hall–Kier alpha value is -3.03. The first-order valence-electron chi connectivity index (χ1n) is 7.44. The number of carbonyl (C=O) groups excluding carboxylic acids is 3. The summed E-state index contributed by atoms with van der Waals surface area (Å²) in [6.07, 6.45) is 2.63. The molecular weight excluding hydrogens is 328 g/mol. The molecule has 1 aliphatic rings. The van der Waals surface area contributed by atoms with E-state index in [4.69, 9.17) is 9.47 Å². The summed E-state index contributed by atoms with van der Waals surface area (Å²) in [7, 11) is 4.16. The van der Waals surface area contributed by atoms with Crippen molar-refractivity contribution >= 4 is 29.7 Å². The number of imide groups is 1. The molecule has 1 N–H and O–H groups in total. The molecule has 8 nitrogen and oxygen atoms in total. The highest BCUT2D eigenvalue weighted by molar-refractivity contribution is 6.23. The standard InChI is InChI=1S/C17H20N2O6/c1-17(2)15(21)19(16(22)18-17)11-9-13(24-4)12(23-3)8-10(11)6-7-14(20)25-5/h6-9H,1-5H3,(H,18,22)/b7-6+. The number of methoxy groups -OCH3 is 3. The fraction of sp³-hybridized carbons (Fsp3) is 0.353. The van der Waals surface area contributed by atoms with Crippen molar-refractivity contribution in [1.29, 1.82) is 0 Å². The summed E-state index contributed by atoms with van der Waals surface area (Å²) in [6.45, 7) is 3.22. The Balaban J connectivity index is 2.62. The average Bonchev–Trinajstić information content (AvgIpc) is 2.79. The van der Waals surface area contributed by atoms with E-state index in [1.165, 1.54) is 39.5 Å². The Labute approximate surface area is 145 Å². The van der Waals surface area contributed by atoms with E-state index >= 15 is 0 Å². The van der Waals surface area contributed by atoms with Crippen molar-refractivity contribution in [3.63, 3.8) is 0 Å². The molecule has 0 radical (unpaired) electrons. The number of benzene rings is 1. The van der Waals surface area contributed by atoms with Crippen LogP contribution >= 0.6 is 0 Å². The highest BCUT2D eigenvalue weighted by atomic mass is 16.5. The van der Waals surface area contributed by atoms with E-state index in [1.807, 2.05) is 0 Å². The molecule has 0 unspecified atom stereocenters. The highest BCUT2D eigenvalue weighted by Crippen LogP contribution is 2.38. The molecule has 0 spiro atoms. The summed E-state index contributed by atoms with van der Waals surface area (Å²) in [5.74, 6) is -0.254. The molecule has 0 aliphatic carbocycles. The molecular formula is C17H20N2O6. The number of hydrogen-bond donors (Lipinski definition) is 1. The van der Waals surface area contributed by atoms with Crippen LogP contribution in [0.4, 0.5) is 10.5 Å². The zero-order valence-electron chi connectivity index (χ0n) is 14.7. The number of nitrogens with zero attached hydrogens (tertiary/aromatic N) is 1. The smallest absolute Gasteiger partial charge is 0.330 e. The second-order valence-electron chi connectivity index (χ2n) is 5.82. The normalized spacial score (nSPS) is 16.1. The third kappa shape index (κ3) is 3.42. The number of amides is 3. The van der Waals surface area contributed by atoms with Gasteiger partial charge in [0.1, 0.15) is 5.54 Å². The summed E-state index contributed by atoms with van der Waals surface area (Å²) in [4.78, 5) is 37.3. The van der Waals surface area contributed by atoms with Crippen molar-refractivity contribution < 1.29 is 28.6 Å². The summed E-state index contributed by atoms with van der Waals surface area (Å²) in [5.41, 5.74) is -0.344. The first-order chi connectivity index (χ1) is 11.7. The van der Waals surface area contributed by atoms with Crippen molar-refractivity contribution in [3.05, 3.63) is 23.8 Å². The number of esters is 1. The summed E-state index contributed by atoms with van der Waals surface area (Å²) < 4.78 is 15.1. The molecule has 1 aromatic carbocycles. The maximum absolute atomic E-state index is 12.6. The first-order valence-corrected chi connectivity index (χ1v) is 7.44. The SMILES string of the molecule is COC(=O)/C=C/c1cc(OC)c(OC)cc1N1C(=O)NC(C)(C)C1=O. The van der Waals surface area contributed by atoms with Gasteiger partial charge in [0.05, 0.1) is 27.0 Å². The monoisotopic (exact) mass is 348 g/mol. The lowest BCUT2D eigenvalue weighted by atomic mass is 10.0. The average molecular weight is 348 g/mol. The zero-order chi connectivity index (χ0) is 18.8. The van der Waals surface area contributed by atoms with E-state index in [9.17, 15) is 14.4 Å². The fourth-order valence-electron chi connectivity index (χ4n) is 2.40. The number of rotatable bonds is 5.